The molecule has 0 radical (unpaired) electrons. The van der Waals surface area contributed by atoms with Crippen LogP contribution >= 0.6 is 23.2 Å². The van der Waals surface area contributed by atoms with Gasteiger partial charge >= 0.3 is 5.97 Å². The molecule has 2 aromatic carbocycles. The molecule has 3 rings (SSSR count). The molecule has 37 heavy (non-hydrogen) atoms. The number of aliphatic carboxylic acids is 1. The van der Waals surface area contributed by atoms with Crippen LogP contribution in [0.25, 0.3) is 0 Å². The minimum Gasteiger partial charge on any atom is -0.481 e. The molecule has 0 spiro atoms. The van der Waals surface area contributed by atoms with Crippen LogP contribution < -0.4 is 0 Å². The van der Waals surface area contributed by atoms with E-state index in [1.165, 1.54) is 11.8 Å². The Bertz CT molecular complexity index is 1260. The molecule has 1 amide bonds. The summed E-state index contributed by atoms with van der Waals surface area (Å²) in [4.78, 5) is 27.5. The summed E-state index contributed by atoms with van der Waals surface area (Å²) in [5.74, 6) is -2.07. The highest BCUT2D eigenvalue weighted by atomic mass is 35.5. The summed E-state index contributed by atoms with van der Waals surface area (Å²) in [5.41, 5.74) is -0.428. The van der Waals surface area contributed by atoms with Crippen molar-refractivity contribution < 1.29 is 27.9 Å². The van der Waals surface area contributed by atoms with E-state index in [-0.39, 0.29) is 5.75 Å². The number of nitrogens with zero attached hydrogens (tertiary/aromatic N) is 1. The van der Waals surface area contributed by atoms with E-state index in [0.29, 0.717) is 27.6 Å². The monoisotopic (exact) mass is 569 g/mol. The summed E-state index contributed by atoms with van der Waals surface area (Å²) in [6.07, 6.45) is -1.08. The Morgan fingerprint density at radius 3 is 2.24 bits per heavy atom. The number of hydrogen-bond donors (Lipinski definition) is 1. The number of benzene rings is 2. The van der Waals surface area contributed by atoms with E-state index in [9.17, 15) is 23.1 Å². The van der Waals surface area contributed by atoms with Crippen LogP contribution in [0.1, 0.15) is 70.7 Å². The van der Waals surface area contributed by atoms with Gasteiger partial charge in [-0.15, -0.1) is 0 Å². The second-order valence-electron chi connectivity index (χ2n) is 10.6. The molecule has 1 heterocycles. The van der Waals surface area contributed by atoms with Gasteiger partial charge in [0, 0.05) is 16.1 Å². The quantitative estimate of drug-likeness (QED) is 0.427. The minimum atomic E-state index is -3.64. The van der Waals surface area contributed by atoms with Gasteiger partial charge in [0.25, 0.3) is 5.91 Å². The molecule has 0 aliphatic carbocycles. The second kappa shape index (κ2) is 10.9. The smallest absolute Gasteiger partial charge is 0.306 e. The highest BCUT2D eigenvalue weighted by Gasteiger charge is 2.54. The Labute approximate surface area is 228 Å². The molecular formula is C27H33Cl2NO6S. The summed E-state index contributed by atoms with van der Waals surface area (Å²) >= 11 is 12.4. The van der Waals surface area contributed by atoms with Gasteiger partial charge in [-0.1, -0.05) is 54.4 Å². The molecule has 0 bridgehead atoms. The van der Waals surface area contributed by atoms with Gasteiger partial charge in [-0.05, 0) is 69.5 Å². The van der Waals surface area contributed by atoms with E-state index < -0.39 is 56.7 Å². The van der Waals surface area contributed by atoms with Crippen LogP contribution in [0.5, 0.6) is 0 Å². The summed E-state index contributed by atoms with van der Waals surface area (Å²) in [5, 5.41) is 10.6. The van der Waals surface area contributed by atoms with Gasteiger partial charge in [0.1, 0.15) is 6.10 Å². The van der Waals surface area contributed by atoms with E-state index in [4.69, 9.17) is 27.9 Å². The van der Waals surface area contributed by atoms with Gasteiger partial charge in [-0.2, -0.15) is 0 Å². The zero-order valence-corrected chi connectivity index (χ0v) is 23.9. The molecule has 1 aliphatic heterocycles. The standard InChI is InChI=1S/C27H33Cl2NO6S/c1-6-21(16-37(34,35)26(2,3)4)30-23(17-10-12-19(28)13-11-17)24(18-8-7-9-20(29)14-18)36-27(5,25(30)33)15-22(31)32/h7-14,21,23-24H,6,15-16H2,1-5H3,(H,31,32)/t21-,23+,24+,27-/m0/s1. The fourth-order valence-electron chi connectivity index (χ4n) is 4.57. The maximum atomic E-state index is 14.1. The van der Waals surface area contributed by atoms with Crippen molar-refractivity contribution in [3.63, 3.8) is 0 Å². The fourth-order valence-corrected chi connectivity index (χ4v) is 6.29. The average Bonchev–Trinajstić information content (AvgIpc) is 2.78. The summed E-state index contributed by atoms with van der Waals surface area (Å²) in [6.45, 7) is 8.12. The van der Waals surface area contributed by atoms with Crippen molar-refractivity contribution in [1.29, 1.82) is 0 Å². The summed E-state index contributed by atoms with van der Waals surface area (Å²) in [6, 6.07) is 12.3. The number of morpholine rings is 1. The third-order valence-corrected chi connectivity index (χ3v) is 9.92. The normalized spacial score (nSPS) is 23.6. The predicted molar refractivity (Wildman–Crippen MR) is 145 cm³/mol. The van der Waals surface area contributed by atoms with Crippen LogP contribution in [-0.4, -0.2) is 52.4 Å². The maximum Gasteiger partial charge on any atom is 0.306 e. The molecule has 10 heteroatoms. The van der Waals surface area contributed by atoms with Gasteiger partial charge in [-0.25, -0.2) is 8.42 Å². The number of amides is 1. The number of rotatable bonds is 8. The van der Waals surface area contributed by atoms with Crippen LogP contribution in [0.3, 0.4) is 0 Å². The number of ether oxygens (including phenoxy) is 1. The van der Waals surface area contributed by atoms with Crippen molar-refractivity contribution in [2.75, 3.05) is 5.75 Å². The Kier molecular flexibility index (Phi) is 8.69. The zero-order valence-electron chi connectivity index (χ0n) is 21.6. The van der Waals surface area contributed by atoms with E-state index in [0.717, 1.165) is 0 Å². The van der Waals surface area contributed by atoms with Gasteiger partial charge in [0.2, 0.25) is 0 Å². The molecule has 4 atom stereocenters. The number of halogens is 2. The van der Waals surface area contributed by atoms with E-state index >= 15 is 0 Å². The lowest BCUT2D eigenvalue weighted by Gasteiger charge is -2.51. The molecule has 1 aliphatic rings. The van der Waals surface area contributed by atoms with E-state index in [1.54, 1.807) is 69.3 Å². The number of sulfone groups is 1. The van der Waals surface area contributed by atoms with Crippen molar-refractivity contribution >= 4 is 44.9 Å². The van der Waals surface area contributed by atoms with Gasteiger partial charge in [0.05, 0.1) is 23.0 Å². The number of carboxylic acids is 1. The molecule has 1 fully saturated rings. The number of hydrogen-bond acceptors (Lipinski definition) is 5. The van der Waals surface area contributed by atoms with Crippen LogP contribution in [0.4, 0.5) is 0 Å². The summed E-state index contributed by atoms with van der Waals surface area (Å²) < 4.78 is 31.9. The Morgan fingerprint density at radius 1 is 1.11 bits per heavy atom. The molecule has 0 aromatic heterocycles. The number of carboxylic acid groups (broad SMARTS) is 1. The van der Waals surface area contributed by atoms with Gasteiger partial charge < -0.3 is 14.7 Å². The number of carbonyl (C=O) groups excluding carboxylic acids is 1. The zero-order chi connectivity index (χ0) is 27.8. The second-order valence-corrected chi connectivity index (χ2v) is 14.2. The molecule has 2 aromatic rings. The van der Waals surface area contributed by atoms with E-state index in [1.807, 2.05) is 6.92 Å². The van der Waals surface area contributed by atoms with Crippen LogP contribution in [0.2, 0.25) is 10.0 Å². The lowest BCUT2D eigenvalue weighted by atomic mass is 9.86. The highest BCUT2D eigenvalue weighted by Crippen LogP contribution is 2.48. The van der Waals surface area contributed by atoms with Crippen molar-refractivity contribution in [3.8, 4) is 0 Å². The van der Waals surface area contributed by atoms with Crippen LogP contribution in [0.15, 0.2) is 48.5 Å². The molecule has 7 nitrogen and oxygen atoms in total. The molecule has 1 saturated heterocycles. The Hall–Kier alpha value is -2.13. The molecule has 0 saturated carbocycles. The molecule has 202 valence electrons. The topological polar surface area (TPSA) is 101 Å². The predicted octanol–water partition coefficient (Wildman–Crippen LogP) is 5.86. The maximum absolute atomic E-state index is 14.1. The first-order valence-electron chi connectivity index (χ1n) is 12.0. The van der Waals surface area contributed by atoms with Crippen LogP contribution in [-0.2, 0) is 24.2 Å². The van der Waals surface area contributed by atoms with Crippen LogP contribution in [0, 0.1) is 0 Å². The third kappa shape index (κ3) is 6.30. The first-order valence-corrected chi connectivity index (χ1v) is 14.5. The molecular weight excluding hydrogens is 537 g/mol. The lowest BCUT2D eigenvalue weighted by molar-refractivity contribution is -0.206. The Balaban J connectivity index is 2.27. The fraction of sp³-hybridized carbons (Fsp3) is 0.481. The average molecular weight is 571 g/mol. The van der Waals surface area contributed by atoms with E-state index in [2.05, 4.69) is 0 Å². The van der Waals surface area contributed by atoms with Gasteiger partial charge in [-0.3, -0.25) is 9.59 Å². The van der Waals surface area contributed by atoms with Crippen molar-refractivity contribution in [2.45, 2.75) is 76.0 Å². The Morgan fingerprint density at radius 2 is 1.73 bits per heavy atom. The largest absolute Gasteiger partial charge is 0.481 e. The SMILES string of the molecule is CC[C@@H](CS(=O)(=O)C(C)(C)C)N1C(=O)[C@](C)(CC(=O)O)O[C@H](c2cccc(Cl)c2)[C@H]1c1ccc(Cl)cc1. The third-order valence-electron chi connectivity index (χ3n) is 6.75. The first kappa shape index (κ1) is 29.4. The molecule has 0 unspecified atom stereocenters. The lowest BCUT2D eigenvalue weighted by Crippen LogP contribution is -2.62. The van der Waals surface area contributed by atoms with Gasteiger partial charge in [0.15, 0.2) is 15.4 Å². The van der Waals surface area contributed by atoms with Crippen molar-refractivity contribution in [3.05, 3.63) is 69.7 Å². The number of carbonyl (C=O) groups is 2. The van der Waals surface area contributed by atoms with Crippen molar-refractivity contribution in [2.24, 2.45) is 0 Å². The minimum absolute atomic E-state index is 0.283. The van der Waals surface area contributed by atoms with Crippen molar-refractivity contribution in [1.82, 2.24) is 4.90 Å². The summed E-state index contributed by atoms with van der Waals surface area (Å²) in [7, 11) is -3.64. The first-order chi connectivity index (χ1) is 17.1. The molecule has 1 N–H and O–H groups in total. The highest BCUT2D eigenvalue weighted by molar-refractivity contribution is 7.92.